The summed E-state index contributed by atoms with van der Waals surface area (Å²) in [6.45, 7) is 8.41. The summed E-state index contributed by atoms with van der Waals surface area (Å²) in [5.74, 6) is 0.375. The molecule has 16 heavy (non-hydrogen) atoms. The second kappa shape index (κ2) is 6.70. The van der Waals surface area contributed by atoms with E-state index in [0.29, 0.717) is 32.2 Å². The number of ether oxygens (including phenoxy) is 1. The SMILES string of the molecule is CC(C)COC(=O)N1CCN(CCO)CC1. The maximum atomic E-state index is 11.6. The lowest BCUT2D eigenvalue weighted by atomic mass is 10.2. The van der Waals surface area contributed by atoms with Crippen molar-refractivity contribution in [1.29, 1.82) is 0 Å². The van der Waals surface area contributed by atoms with Crippen molar-refractivity contribution in [2.24, 2.45) is 5.92 Å². The third kappa shape index (κ3) is 4.37. The van der Waals surface area contributed by atoms with Gasteiger partial charge in [0.05, 0.1) is 13.2 Å². The van der Waals surface area contributed by atoms with E-state index in [1.54, 1.807) is 4.90 Å². The van der Waals surface area contributed by atoms with E-state index in [2.05, 4.69) is 4.90 Å². The van der Waals surface area contributed by atoms with Crippen LogP contribution in [0.1, 0.15) is 13.8 Å². The molecule has 1 aliphatic heterocycles. The van der Waals surface area contributed by atoms with Gasteiger partial charge in [-0.1, -0.05) is 13.8 Å². The molecule has 1 rings (SSSR count). The lowest BCUT2D eigenvalue weighted by molar-refractivity contribution is 0.0651. The van der Waals surface area contributed by atoms with Crippen molar-refractivity contribution in [1.82, 2.24) is 9.80 Å². The largest absolute Gasteiger partial charge is 0.449 e. The molecule has 5 heteroatoms. The zero-order valence-electron chi connectivity index (χ0n) is 10.2. The minimum Gasteiger partial charge on any atom is -0.449 e. The zero-order chi connectivity index (χ0) is 12.0. The summed E-state index contributed by atoms with van der Waals surface area (Å²) < 4.78 is 5.16. The first-order valence-corrected chi connectivity index (χ1v) is 5.88. The average Bonchev–Trinajstić information content (AvgIpc) is 2.27. The number of rotatable bonds is 4. The molecule has 0 bridgehead atoms. The predicted molar refractivity (Wildman–Crippen MR) is 61.3 cm³/mol. The molecule has 0 aliphatic carbocycles. The van der Waals surface area contributed by atoms with Gasteiger partial charge in [0, 0.05) is 32.7 Å². The minimum absolute atomic E-state index is 0.178. The quantitative estimate of drug-likeness (QED) is 0.759. The second-order valence-corrected chi connectivity index (χ2v) is 4.52. The Kier molecular flexibility index (Phi) is 5.55. The second-order valence-electron chi connectivity index (χ2n) is 4.52. The Morgan fingerprint density at radius 2 is 1.94 bits per heavy atom. The molecule has 1 fully saturated rings. The molecule has 0 spiro atoms. The van der Waals surface area contributed by atoms with Gasteiger partial charge in [0.25, 0.3) is 0 Å². The molecular weight excluding hydrogens is 208 g/mol. The molecule has 5 nitrogen and oxygen atoms in total. The number of carbonyl (C=O) groups excluding carboxylic acids is 1. The van der Waals surface area contributed by atoms with Crippen molar-refractivity contribution in [3.05, 3.63) is 0 Å². The van der Waals surface area contributed by atoms with Crippen LogP contribution in [0.15, 0.2) is 0 Å². The molecular formula is C11H22N2O3. The van der Waals surface area contributed by atoms with Crippen molar-refractivity contribution < 1.29 is 14.6 Å². The number of amides is 1. The maximum Gasteiger partial charge on any atom is 0.409 e. The topological polar surface area (TPSA) is 53.0 Å². The van der Waals surface area contributed by atoms with Gasteiger partial charge >= 0.3 is 6.09 Å². The van der Waals surface area contributed by atoms with E-state index in [9.17, 15) is 4.79 Å². The number of carbonyl (C=O) groups is 1. The Morgan fingerprint density at radius 1 is 1.31 bits per heavy atom. The van der Waals surface area contributed by atoms with Crippen molar-refractivity contribution in [3.63, 3.8) is 0 Å². The van der Waals surface area contributed by atoms with Crippen LogP contribution >= 0.6 is 0 Å². The number of β-amino-alcohol motifs (C(OH)–C–C–N with tert-alkyl or cyclic N) is 1. The van der Waals surface area contributed by atoms with Gasteiger partial charge in [-0.25, -0.2) is 4.79 Å². The van der Waals surface area contributed by atoms with Crippen LogP contribution in [-0.2, 0) is 4.74 Å². The molecule has 0 radical (unpaired) electrons. The molecule has 1 amide bonds. The van der Waals surface area contributed by atoms with E-state index in [1.807, 2.05) is 13.8 Å². The van der Waals surface area contributed by atoms with Gasteiger partial charge in [0.2, 0.25) is 0 Å². The van der Waals surface area contributed by atoms with Crippen molar-refractivity contribution in [2.75, 3.05) is 45.9 Å². The van der Waals surface area contributed by atoms with E-state index in [4.69, 9.17) is 9.84 Å². The Hall–Kier alpha value is -0.810. The first kappa shape index (κ1) is 13.3. The van der Waals surface area contributed by atoms with Crippen molar-refractivity contribution in [2.45, 2.75) is 13.8 Å². The van der Waals surface area contributed by atoms with Gasteiger partial charge < -0.3 is 14.7 Å². The number of aliphatic hydroxyl groups excluding tert-OH is 1. The summed E-state index contributed by atoms with van der Waals surface area (Å²) in [6.07, 6.45) is -0.211. The third-order valence-corrected chi connectivity index (χ3v) is 2.59. The van der Waals surface area contributed by atoms with Gasteiger partial charge in [-0.05, 0) is 5.92 Å². The van der Waals surface area contributed by atoms with Crippen LogP contribution in [0.5, 0.6) is 0 Å². The highest BCUT2D eigenvalue weighted by molar-refractivity contribution is 5.67. The van der Waals surface area contributed by atoms with Gasteiger partial charge in [0.15, 0.2) is 0 Å². The standard InChI is InChI=1S/C11H22N2O3/c1-10(2)9-16-11(15)13-5-3-12(4-6-13)7-8-14/h10,14H,3-9H2,1-2H3. The molecule has 1 heterocycles. The summed E-state index contributed by atoms with van der Waals surface area (Å²) in [7, 11) is 0. The Labute approximate surface area is 97.0 Å². The summed E-state index contributed by atoms with van der Waals surface area (Å²) in [5.41, 5.74) is 0. The highest BCUT2D eigenvalue weighted by Crippen LogP contribution is 2.04. The summed E-state index contributed by atoms with van der Waals surface area (Å²) >= 11 is 0. The van der Waals surface area contributed by atoms with Crippen molar-refractivity contribution >= 4 is 6.09 Å². The summed E-state index contributed by atoms with van der Waals surface area (Å²) in [6, 6.07) is 0. The van der Waals surface area contributed by atoms with Crippen LogP contribution in [0.4, 0.5) is 4.79 Å². The fourth-order valence-electron chi connectivity index (χ4n) is 1.62. The molecule has 1 saturated heterocycles. The first-order chi connectivity index (χ1) is 7.63. The third-order valence-electron chi connectivity index (χ3n) is 2.59. The number of hydrogen-bond acceptors (Lipinski definition) is 4. The van der Waals surface area contributed by atoms with Crippen LogP contribution < -0.4 is 0 Å². The van der Waals surface area contributed by atoms with Gasteiger partial charge in [0.1, 0.15) is 0 Å². The zero-order valence-corrected chi connectivity index (χ0v) is 10.2. The van der Waals surface area contributed by atoms with Gasteiger partial charge in [-0.15, -0.1) is 0 Å². The highest BCUT2D eigenvalue weighted by Gasteiger charge is 2.21. The molecule has 0 aromatic heterocycles. The van der Waals surface area contributed by atoms with Crippen LogP contribution in [-0.4, -0.2) is 66.9 Å². The molecule has 0 unspecified atom stereocenters. The van der Waals surface area contributed by atoms with E-state index >= 15 is 0 Å². The van der Waals surface area contributed by atoms with E-state index < -0.39 is 0 Å². The number of aliphatic hydroxyl groups is 1. The molecule has 0 atom stereocenters. The predicted octanol–water partition coefficient (Wildman–Crippen LogP) is 0.389. The normalized spacial score (nSPS) is 17.9. The molecule has 1 aliphatic rings. The maximum absolute atomic E-state index is 11.6. The summed E-state index contributed by atoms with van der Waals surface area (Å²) in [5, 5.41) is 8.79. The average molecular weight is 230 g/mol. The molecule has 0 aromatic rings. The van der Waals surface area contributed by atoms with Gasteiger partial charge in [-0.3, -0.25) is 4.90 Å². The van der Waals surface area contributed by atoms with Crippen LogP contribution in [0, 0.1) is 5.92 Å². The van der Waals surface area contributed by atoms with E-state index in [0.717, 1.165) is 13.1 Å². The highest BCUT2D eigenvalue weighted by atomic mass is 16.6. The fourth-order valence-corrected chi connectivity index (χ4v) is 1.62. The Morgan fingerprint density at radius 3 is 2.44 bits per heavy atom. The van der Waals surface area contributed by atoms with E-state index in [-0.39, 0.29) is 12.7 Å². The number of nitrogens with zero attached hydrogens (tertiary/aromatic N) is 2. The fraction of sp³-hybridized carbons (Fsp3) is 0.909. The van der Waals surface area contributed by atoms with Crippen LogP contribution in [0.25, 0.3) is 0 Å². The Balaban J connectivity index is 2.22. The molecule has 0 saturated carbocycles. The first-order valence-electron chi connectivity index (χ1n) is 5.88. The Bertz CT molecular complexity index is 213. The lowest BCUT2D eigenvalue weighted by Crippen LogP contribution is -2.49. The monoisotopic (exact) mass is 230 g/mol. The number of piperazine rings is 1. The molecule has 1 N–H and O–H groups in total. The van der Waals surface area contributed by atoms with Crippen LogP contribution in [0.2, 0.25) is 0 Å². The summed E-state index contributed by atoms with van der Waals surface area (Å²) in [4.78, 5) is 15.5. The van der Waals surface area contributed by atoms with E-state index in [1.165, 1.54) is 0 Å². The van der Waals surface area contributed by atoms with Crippen LogP contribution in [0.3, 0.4) is 0 Å². The number of hydrogen-bond donors (Lipinski definition) is 1. The molecule has 0 aromatic carbocycles. The molecule has 94 valence electrons. The lowest BCUT2D eigenvalue weighted by Gasteiger charge is -2.33. The van der Waals surface area contributed by atoms with Gasteiger partial charge in [-0.2, -0.15) is 0 Å². The van der Waals surface area contributed by atoms with Crippen molar-refractivity contribution in [3.8, 4) is 0 Å². The smallest absolute Gasteiger partial charge is 0.409 e. The minimum atomic E-state index is -0.211.